The third-order valence-corrected chi connectivity index (χ3v) is 6.14. The molecule has 226 valence electrons. The van der Waals surface area contributed by atoms with Crippen molar-refractivity contribution in [2.24, 2.45) is 0 Å². The van der Waals surface area contributed by atoms with Crippen LogP contribution in [0.2, 0.25) is 0 Å². The normalized spacial score (nSPS) is 11.8. The number of halogens is 7. The summed E-state index contributed by atoms with van der Waals surface area (Å²) in [5.41, 5.74) is -2.77. The number of methoxy groups -OCH3 is 1. The summed E-state index contributed by atoms with van der Waals surface area (Å²) < 4.78 is 100. The Morgan fingerprint density at radius 1 is 0.884 bits per heavy atom. The number of carbonyl (C=O) groups excluding carboxylic acids is 2. The second-order valence-corrected chi connectivity index (χ2v) is 9.23. The lowest BCUT2D eigenvalue weighted by Gasteiger charge is -2.23. The van der Waals surface area contributed by atoms with Crippen LogP contribution < -0.4 is 5.32 Å². The molecule has 0 atom stereocenters. The number of amides is 2. The standard InChI is InChI=1S/C29H23F7N4O3/c1-43-12-11-39(27(42)19-13-20(28(31,32)33)15-21(14-19)29(34,35)36)17-26(41)37-25-16-24(18-5-3-2-4-6-18)38-40(25)23-9-7-22(30)8-10-23/h2-10,13-16H,11-12,17H2,1H3,(H,37,41). The van der Waals surface area contributed by atoms with Crippen molar-refractivity contribution in [3.8, 4) is 16.9 Å². The molecule has 1 N–H and O–H groups in total. The largest absolute Gasteiger partial charge is 0.416 e. The fourth-order valence-electron chi connectivity index (χ4n) is 4.07. The third kappa shape index (κ3) is 7.77. The molecule has 0 saturated carbocycles. The van der Waals surface area contributed by atoms with Gasteiger partial charge in [-0.3, -0.25) is 9.59 Å². The Morgan fingerprint density at radius 3 is 2.05 bits per heavy atom. The van der Waals surface area contributed by atoms with Crippen molar-refractivity contribution >= 4 is 17.6 Å². The maximum absolute atomic E-state index is 13.6. The average molecular weight is 609 g/mol. The second-order valence-electron chi connectivity index (χ2n) is 9.23. The van der Waals surface area contributed by atoms with Gasteiger partial charge >= 0.3 is 12.4 Å². The van der Waals surface area contributed by atoms with Crippen LogP contribution in [-0.2, 0) is 21.9 Å². The molecule has 0 unspecified atom stereocenters. The van der Waals surface area contributed by atoms with E-state index >= 15 is 0 Å². The molecule has 43 heavy (non-hydrogen) atoms. The zero-order chi connectivity index (χ0) is 31.4. The van der Waals surface area contributed by atoms with E-state index in [1.165, 1.54) is 42.1 Å². The molecule has 2 amide bonds. The van der Waals surface area contributed by atoms with Crippen LogP contribution in [0.1, 0.15) is 21.5 Å². The van der Waals surface area contributed by atoms with Gasteiger partial charge in [0.1, 0.15) is 18.2 Å². The van der Waals surface area contributed by atoms with E-state index in [9.17, 15) is 40.3 Å². The summed E-state index contributed by atoms with van der Waals surface area (Å²) in [6.07, 6.45) is -10.3. The van der Waals surface area contributed by atoms with Crippen molar-refractivity contribution in [1.29, 1.82) is 0 Å². The highest BCUT2D eigenvalue weighted by atomic mass is 19.4. The predicted octanol–water partition coefficient (Wildman–Crippen LogP) is 6.44. The van der Waals surface area contributed by atoms with Gasteiger partial charge in [-0.05, 0) is 42.5 Å². The first-order chi connectivity index (χ1) is 20.3. The molecule has 0 aliphatic rings. The smallest absolute Gasteiger partial charge is 0.383 e. The van der Waals surface area contributed by atoms with Crippen molar-refractivity contribution in [2.75, 3.05) is 32.1 Å². The van der Waals surface area contributed by atoms with E-state index in [-0.39, 0.29) is 25.0 Å². The minimum absolute atomic E-state index is 0.0933. The van der Waals surface area contributed by atoms with E-state index < -0.39 is 53.2 Å². The number of alkyl halides is 6. The van der Waals surface area contributed by atoms with Crippen LogP contribution in [0.25, 0.3) is 16.9 Å². The Kier molecular flexibility index (Phi) is 9.19. The van der Waals surface area contributed by atoms with E-state index in [2.05, 4.69) is 10.4 Å². The molecule has 7 nitrogen and oxygen atoms in total. The van der Waals surface area contributed by atoms with Gasteiger partial charge in [-0.1, -0.05) is 30.3 Å². The van der Waals surface area contributed by atoms with Crippen LogP contribution in [0.3, 0.4) is 0 Å². The molecular formula is C29H23F7N4O3. The molecule has 1 aromatic heterocycles. The van der Waals surface area contributed by atoms with Gasteiger partial charge in [0.2, 0.25) is 5.91 Å². The topological polar surface area (TPSA) is 76.5 Å². The molecule has 0 radical (unpaired) electrons. The number of hydrogen-bond acceptors (Lipinski definition) is 4. The Balaban J connectivity index is 1.65. The molecule has 0 bridgehead atoms. The summed E-state index contributed by atoms with van der Waals surface area (Å²) >= 11 is 0. The molecule has 0 aliphatic carbocycles. The predicted molar refractivity (Wildman–Crippen MR) is 142 cm³/mol. The second kappa shape index (κ2) is 12.7. The highest BCUT2D eigenvalue weighted by molar-refractivity contribution is 5.99. The van der Waals surface area contributed by atoms with Gasteiger partial charge in [0.05, 0.1) is 29.1 Å². The first-order valence-electron chi connectivity index (χ1n) is 12.5. The van der Waals surface area contributed by atoms with E-state index in [0.29, 0.717) is 29.1 Å². The van der Waals surface area contributed by atoms with Gasteiger partial charge < -0.3 is 15.0 Å². The lowest BCUT2D eigenvalue weighted by Crippen LogP contribution is -2.40. The van der Waals surface area contributed by atoms with Crippen molar-refractivity contribution < 1.29 is 45.1 Å². The number of aromatic nitrogens is 2. The van der Waals surface area contributed by atoms with E-state index in [1.54, 1.807) is 30.3 Å². The molecular weight excluding hydrogens is 585 g/mol. The summed E-state index contributed by atoms with van der Waals surface area (Å²) in [5.74, 6) is -2.50. The number of nitrogens with one attached hydrogen (secondary N) is 1. The number of anilines is 1. The molecule has 0 fully saturated rings. The van der Waals surface area contributed by atoms with Crippen LogP contribution in [0.5, 0.6) is 0 Å². The SMILES string of the molecule is COCCN(CC(=O)Nc1cc(-c2ccccc2)nn1-c1ccc(F)cc1)C(=O)c1cc(C(F)(F)F)cc(C(F)(F)F)c1. The maximum atomic E-state index is 13.6. The number of benzene rings is 3. The first kappa shape index (κ1) is 31.2. The van der Waals surface area contributed by atoms with Crippen LogP contribution >= 0.6 is 0 Å². The minimum atomic E-state index is -5.17. The maximum Gasteiger partial charge on any atom is 0.416 e. The highest BCUT2D eigenvalue weighted by Gasteiger charge is 2.38. The molecule has 0 saturated heterocycles. The van der Waals surface area contributed by atoms with Crippen molar-refractivity contribution in [3.05, 3.63) is 101 Å². The van der Waals surface area contributed by atoms with Crippen molar-refractivity contribution in [2.45, 2.75) is 12.4 Å². The number of rotatable bonds is 9. The molecule has 4 rings (SSSR count). The van der Waals surface area contributed by atoms with Gasteiger partial charge in [0, 0.05) is 30.8 Å². The van der Waals surface area contributed by atoms with Gasteiger partial charge in [-0.2, -0.15) is 31.4 Å². The Morgan fingerprint density at radius 2 is 1.49 bits per heavy atom. The summed E-state index contributed by atoms with van der Waals surface area (Å²) in [6.45, 7) is -1.25. The third-order valence-electron chi connectivity index (χ3n) is 6.14. The summed E-state index contributed by atoms with van der Waals surface area (Å²) in [4.78, 5) is 27.1. The highest BCUT2D eigenvalue weighted by Crippen LogP contribution is 2.36. The number of carbonyl (C=O) groups is 2. The fourth-order valence-corrected chi connectivity index (χ4v) is 4.07. The van der Waals surface area contributed by atoms with Crippen LogP contribution in [0.15, 0.2) is 78.9 Å². The molecule has 0 aliphatic heterocycles. The Labute approximate surface area is 240 Å². The van der Waals surface area contributed by atoms with Gasteiger partial charge in [0.25, 0.3) is 5.91 Å². The van der Waals surface area contributed by atoms with E-state index in [0.717, 1.165) is 4.90 Å². The average Bonchev–Trinajstić information content (AvgIpc) is 3.38. The van der Waals surface area contributed by atoms with Gasteiger partial charge in [-0.15, -0.1) is 0 Å². The van der Waals surface area contributed by atoms with Crippen LogP contribution in [-0.4, -0.2) is 53.3 Å². The van der Waals surface area contributed by atoms with E-state index in [1.807, 2.05) is 0 Å². The lowest BCUT2D eigenvalue weighted by molar-refractivity contribution is -0.143. The summed E-state index contributed by atoms with van der Waals surface area (Å²) in [5, 5.41) is 7.05. The zero-order valence-corrected chi connectivity index (χ0v) is 22.3. The van der Waals surface area contributed by atoms with E-state index in [4.69, 9.17) is 4.74 Å². The van der Waals surface area contributed by atoms with Crippen molar-refractivity contribution in [3.63, 3.8) is 0 Å². The Bertz CT molecular complexity index is 1550. The summed E-state index contributed by atoms with van der Waals surface area (Å²) in [6, 6.07) is 16.0. The number of hydrogen-bond donors (Lipinski definition) is 1. The summed E-state index contributed by atoms with van der Waals surface area (Å²) in [7, 11) is 1.26. The minimum Gasteiger partial charge on any atom is -0.383 e. The molecule has 14 heteroatoms. The zero-order valence-electron chi connectivity index (χ0n) is 22.3. The number of nitrogens with zero attached hydrogens (tertiary/aromatic N) is 3. The lowest BCUT2D eigenvalue weighted by atomic mass is 10.0. The Hall–Kier alpha value is -4.72. The monoisotopic (exact) mass is 608 g/mol. The molecule has 0 spiro atoms. The quantitative estimate of drug-likeness (QED) is 0.222. The van der Waals surface area contributed by atoms with Crippen LogP contribution in [0.4, 0.5) is 36.6 Å². The molecule has 4 aromatic rings. The molecule has 1 heterocycles. The number of ether oxygens (including phenoxy) is 1. The van der Waals surface area contributed by atoms with Crippen LogP contribution in [0, 0.1) is 5.82 Å². The fraction of sp³-hybridized carbons (Fsp3) is 0.207. The first-order valence-corrected chi connectivity index (χ1v) is 12.5. The van der Waals surface area contributed by atoms with Gasteiger partial charge in [0.15, 0.2) is 0 Å². The van der Waals surface area contributed by atoms with Crippen molar-refractivity contribution in [1.82, 2.24) is 14.7 Å². The molecule has 3 aromatic carbocycles. The van der Waals surface area contributed by atoms with Gasteiger partial charge in [-0.25, -0.2) is 9.07 Å².